The maximum Gasteiger partial charge on any atom is 0.410 e. The highest BCUT2D eigenvalue weighted by molar-refractivity contribution is 5.99. The normalized spacial score (nSPS) is 14.8. The number of nitrogens with one attached hydrogen (secondary N) is 1. The topological polar surface area (TPSA) is 87.6 Å². The van der Waals surface area contributed by atoms with Gasteiger partial charge in [0.15, 0.2) is 0 Å². The summed E-state index contributed by atoms with van der Waals surface area (Å²) < 4.78 is 5.57. The maximum atomic E-state index is 14.3. The molecule has 2 amide bonds. The molecule has 1 aromatic heterocycles. The Bertz CT molecular complexity index is 1710. The van der Waals surface area contributed by atoms with Crippen LogP contribution in [-0.2, 0) is 16.1 Å². The number of ether oxygens (including phenoxy) is 1. The Kier molecular flexibility index (Phi) is 6.89. The van der Waals surface area contributed by atoms with Gasteiger partial charge in [0.2, 0.25) is 0 Å². The first-order chi connectivity index (χ1) is 19.6. The minimum absolute atomic E-state index is 0.112. The van der Waals surface area contributed by atoms with Gasteiger partial charge >= 0.3 is 6.09 Å². The van der Waals surface area contributed by atoms with Crippen molar-refractivity contribution < 1.29 is 14.3 Å². The molecule has 200 valence electrons. The van der Waals surface area contributed by atoms with Crippen molar-refractivity contribution >= 4 is 28.6 Å². The molecule has 40 heavy (non-hydrogen) atoms. The number of H-pyrrole nitrogens is 1. The number of benzene rings is 4. The molecule has 1 atom stereocenters. The number of aromatic amines is 1. The average Bonchev–Trinajstić information content (AvgIpc) is 3.63. The second-order valence-electron chi connectivity index (χ2n) is 9.73. The van der Waals surface area contributed by atoms with E-state index in [0.717, 1.165) is 16.7 Å². The number of nitrogens with zero attached hydrogens (tertiary/aromatic N) is 3. The molecule has 1 fully saturated rings. The Hall–Kier alpha value is -5.11. The molecular formula is C32H28N4O4. The predicted molar refractivity (Wildman–Crippen MR) is 154 cm³/mol. The Morgan fingerprint density at radius 1 is 0.850 bits per heavy atom. The molecule has 6 rings (SSSR count). The molecule has 0 saturated carbocycles. The SMILES string of the molecule is O=C(OCc1ccccc1)N1CCCC1C(=O)N(c1cccc(-c2ccccc2)c1)n1[nH]c2ccccc2c1=O. The van der Waals surface area contributed by atoms with E-state index in [9.17, 15) is 14.4 Å². The summed E-state index contributed by atoms with van der Waals surface area (Å²) in [5, 5.41) is 4.90. The lowest BCUT2D eigenvalue weighted by atomic mass is 10.0. The lowest BCUT2D eigenvalue weighted by Gasteiger charge is -2.29. The number of carbonyl (C=O) groups is 2. The molecule has 0 bridgehead atoms. The number of hydrogen-bond donors (Lipinski definition) is 1. The highest BCUT2D eigenvalue weighted by Gasteiger charge is 2.39. The Labute approximate surface area is 231 Å². The summed E-state index contributed by atoms with van der Waals surface area (Å²) in [4.78, 5) is 43.7. The second-order valence-corrected chi connectivity index (χ2v) is 9.73. The fraction of sp³-hybridized carbons (Fsp3) is 0.156. The third-order valence-corrected chi connectivity index (χ3v) is 7.16. The van der Waals surface area contributed by atoms with Crippen LogP contribution in [0.5, 0.6) is 0 Å². The third-order valence-electron chi connectivity index (χ3n) is 7.16. The van der Waals surface area contributed by atoms with Crippen LogP contribution in [-0.4, -0.2) is 39.4 Å². The summed E-state index contributed by atoms with van der Waals surface area (Å²) in [6, 6.07) is 33.0. The third kappa shape index (κ3) is 4.87. The van der Waals surface area contributed by atoms with Crippen LogP contribution in [0.3, 0.4) is 0 Å². The minimum atomic E-state index is -0.790. The largest absolute Gasteiger partial charge is 0.445 e. The van der Waals surface area contributed by atoms with Crippen molar-refractivity contribution in [3.8, 4) is 11.1 Å². The van der Waals surface area contributed by atoms with Gasteiger partial charge in [0.25, 0.3) is 11.5 Å². The number of fused-ring (bicyclic) bond motifs is 1. The van der Waals surface area contributed by atoms with E-state index in [-0.39, 0.29) is 12.2 Å². The van der Waals surface area contributed by atoms with E-state index in [2.05, 4.69) is 5.10 Å². The molecule has 1 aliphatic rings. The first-order valence-corrected chi connectivity index (χ1v) is 13.3. The smallest absolute Gasteiger partial charge is 0.410 e. The Balaban J connectivity index is 1.37. The minimum Gasteiger partial charge on any atom is -0.445 e. The van der Waals surface area contributed by atoms with E-state index in [1.54, 1.807) is 24.3 Å². The van der Waals surface area contributed by atoms with Crippen LogP contribution in [0.2, 0.25) is 0 Å². The second kappa shape index (κ2) is 10.9. The van der Waals surface area contributed by atoms with Crippen molar-refractivity contribution in [1.29, 1.82) is 0 Å². The molecule has 2 heterocycles. The van der Waals surface area contributed by atoms with E-state index in [1.165, 1.54) is 14.7 Å². The molecule has 0 radical (unpaired) electrons. The summed E-state index contributed by atoms with van der Waals surface area (Å²) in [5.41, 5.74) is 3.49. The number of hydrogen-bond acceptors (Lipinski definition) is 4. The summed E-state index contributed by atoms with van der Waals surface area (Å²) in [7, 11) is 0. The molecule has 1 N–H and O–H groups in total. The number of amides is 2. The average molecular weight is 533 g/mol. The van der Waals surface area contributed by atoms with Crippen LogP contribution < -0.4 is 10.6 Å². The highest BCUT2D eigenvalue weighted by Crippen LogP contribution is 2.28. The molecule has 4 aromatic carbocycles. The number of carbonyl (C=O) groups excluding carboxylic acids is 2. The first-order valence-electron chi connectivity index (χ1n) is 13.3. The van der Waals surface area contributed by atoms with E-state index < -0.39 is 18.0 Å². The van der Waals surface area contributed by atoms with Crippen molar-refractivity contribution in [3.05, 3.63) is 125 Å². The van der Waals surface area contributed by atoms with Crippen LogP contribution in [0.4, 0.5) is 10.5 Å². The monoisotopic (exact) mass is 532 g/mol. The van der Waals surface area contributed by atoms with E-state index in [4.69, 9.17) is 4.74 Å². The van der Waals surface area contributed by atoms with Gasteiger partial charge in [-0.2, -0.15) is 5.01 Å². The molecular weight excluding hydrogens is 504 g/mol. The quantitative estimate of drug-likeness (QED) is 0.309. The summed E-state index contributed by atoms with van der Waals surface area (Å²) in [6.07, 6.45) is 0.557. The molecule has 8 nitrogen and oxygen atoms in total. The van der Waals surface area contributed by atoms with Crippen molar-refractivity contribution in [2.75, 3.05) is 11.6 Å². The van der Waals surface area contributed by atoms with Crippen molar-refractivity contribution in [3.63, 3.8) is 0 Å². The van der Waals surface area contributed by atoms with Gasteiger partial charge in [-0.25, -0.2) is 4.79 Å². The maximum absolute atomic E-state index is 14.3. The zero-order valence-corrected chi connectivity index (χ0v) is 21.8. The van der Waals surface area contributed by atoms with Gasteiger partial charge in [-0.1, -0.05) is 84.9 Å². The fourth-order valence-corrected chi connectivity index (χ4v) is 5.16. The molecule has 1 saturated heterocycles. The fourth-order valence-electron chi connectivity index (χ4n) is 5.16. The van der Waals surface area contributed by atoms with Gasteiger partial charge < -0.3 is 4.74 Å². The standard InChI is InChI=1S/C32H28N4O4/c37-30-27-17-7-8-18-28(27)33-36(30)35(26-16-9-15-25(21-26)24-13-5-2-6-14-24)31(38)29-19-10-20-34(29)32(39)40-22-23-11-3-1-4-12-23/h1-9,11-18,21,29,33H,10,19-20,22H2. The van der Waals surface area contributed by atoms with E-state index in [0.29, 0.717) is 36.0 Å². The summed E-state index contributed by atoms with van der Waals surface area (Å²) in [5.74, 6) is -0.395. The van der Waals surface area contributed by atoms with Gasteiger partial charge in [0, 0.05) is 6.54 Å². The van der Waals surface area contributed by atoms with Crippen molar-refractivity contribution in [1.82, 2.24) is 14.8 Å². The Morgan fingerprint density at radius 3 is 2.33 bits per heavy atom. The number of aromatic nitrogens is 2. The van der Waals surface area contributed by atoms with E-state index in [1.807, 2.05) is 84.9 Å². The van der Waals surface area contributed by atoms with Gasteiger partial charge in [0.1, 0.15) is 12.6 Å². The number of rotatable bonds is 6. The molecule has 0 aliphatic carbocycles. The Morgan fingerprint density at radius 2 is 1.55 bits per heavy atom. The van der Waals surface area contributed by atoms with Crippen LogP contribution in [0, 0.1) is 0 Å². The van der Waals surface area contributed by atoms with Crippen LogP contribution >= 0.6 is 0 Å². The predicted octanol–water partition coefficient (Wildman–Crippen LogP) is 5.59. The number of likely N-dealkylation sites (tertiary alicyclic amines) is 1. The first kappa shape index (κ1) is 25.2. The lowest BCUT2D eigenvalue weighted by molar-refractivity contribution is -0.123. The molecule has 1 unspecified atom stereocenters. The van der Waals surface area contributed by atoms with Gasteiger partial charge in [0.05, 0.1) is 16.6 Å². The molecule has 8 heteroatoms. The summed E-state index contributed by atoms with van der Waals surface area (Å²) >= 11 is 0. The van der Waals surface area contributed by atoms with Gasteiger partial charge in [-0.15, -0.1) is 4.79 Å². The van der Waals surface area contributed by atoms with Crippen molar-refractivity contribution in [2.45, 2.75) is 25.5 Å². The number of para-hydroxylation sites is 1. The molecule has 1 aliphatic heterocycles. The lowest BCUT2D eigenvalue weighted by Crippen LogP contribution is -2.52. The van der Waals surface area contributed by atoms with E-state index >= 15 is 0 Å². The molecule has 5 aromatic rings. The van der Waals surface area contributed by atoms with Gasteiger partial charge in [-0.3, -0.25) is 19.6 Å². The van der Waals surface area contributed by atoms with Crippen LogP contribution in [0.25, 0.3) is 22.0 Å². The zero-order valence-electron chi connectivity index (χ0n) is 21.8. The number of anilines is 1. The molecule has 0 spiro atoms. The van der Waals surface area contributed by atoms with Crippen molar-refractivity contribution in [2.24, 2.45) is 0 Å². The van der Waals surface area contributed by atoms with Crippen LogP contribution in [0.15, 0.2) is 114 Å². The highest BCUT2D eigenvalue weighted by atomic mass is 16.6. The summed E-state index contributed by atoms with van der Waals surface area (Å²) in [6.45, 7) is 0.505. The van der Waals surface area contributed by atoms with Crippen LogP contribution in [0.1, 0.15) is 18.4 Å². The zero-order chi connectivity index (χ0) is 27.5. The van der Waals surface area contributed by atoms with Gasteiger partial charge in [-0.05, 0) is 53.8 Å².